The monoisotopic (exact) mass is 247 g/mol. The van der Waals surface area contributed by atoms with Crippen LogP contribution in [0.2, 0.25) is 0 Å². The lowest BCUT2D eigenvalue weighted by Gasteiger charge is -2.20. The van der Waals surface area contributed by atoms with E-state index in [9.17, 15) is 0 Å². The highest BCUT2D eigenvalue weighted by Crippen LogP contribution is 2.22. The lowest BCUT2D eigenvalue weighted by atomic mass is 10.0. The average Bonchev–Trinajstić information content (AvgIpc) is 2.83. The van der Waals surface area contributed by atoms with E-state index in [1.54, 1.807) is 11.1 Å². The molecule has 1 unspecified atom stereocenters. The zero-order valence-corrected chi connectivity index (χ0v) is 11.4. The maximum Gasteiger partial charge on any atom is 0.0292 e. The molecule has 0 aliphatic heterocycles. The van der Waals surface area contributed by atoms with Gasteiger partial charge < -0.3 is 16.4 Å². The van der Waals surface area contributed by atoms with Gasteiger partial charge in [0.15, 0.2) is 0 Å². The van der Waals surface area contributed by atoms with Crippen LogP contribution in [0, 0.1) is 0 Å². The predicted octanol–water partition coefficient (Wildman–Crippen LogP) is 0.936. The van der Waals surface area contributed by atoms with Crippen LogP contribution < -0.4 is 11.5 Å². The predicted molar refractivity (Wildman–Crippen MR) is 76.7 cm³/mol. The van der Waals surface area contributed by atoms with Crippen LogP contribution in [0.5, 0.6) is 0 Å². The van der Waals surface area contributed by atoms with Crippen molar-refractivity contribution >= 4 is 0 Å². The number of fused-ring (bicyclic) bond motifs is 1. The minimum atomic E-state index is 0.0926. The molecule has 2 rings (SSSR count). The van der Waals surface area contributed by atoms with E-state index < -0.39 is 0 Å². The average molecular weight is 247 g/mol. The standard InChI is InChI=1S/C15H25N3/c1-18(11-15(17)10-16)8-7-12-5-6-13-3-2-4-14(13)9-12/h5-6,9,15H,2-4,7-8,10-11,16-17H2,1H3. The van der Waals surface area contributed by atoms with Gasteiger partial charge in [-0.2, -0.15) is 0 Å². The third kappa shape index (κ3) is 3.55. The largest absolute Gasteiger partial charge is 0.329 e. The van der Waals surface area contributed by atoms with E-state index >= 15 is 0 Å². The van der Waals surface area contributed by atoms with Gasteiger partial charge in [0.1, 0.15) is 0 Å². The fraction of sp³-hybridized carbons (Fsp3) is 0.600. The Hall–Kier alpha value is -0.900. The highest BCUT2D eigenvalue weighted by Gasteiger charge is 2.11. The van der Waals surface area contributed by atoms with Crippen molar-refractivity contribution in [2.24, 2.45) is 11.5 Å². The van der Waals surface area contributed by atoms with Gasteiger partial charge in [-0.05, 0) is 49.4 Å². The maximum atomic E-state index is 5.85. The van der Waals surface area contributed by atoms with E-state index in [1.807, 2.05) is 0 Å². The summed E-state index contributed by atoms with van der Waals surface area (Å²) in [6.45, 7) is 2.48. The normalized spacial score (nSPS) is 16.0. The number of nitrogens with two attached hydrogens (primary N) is 2. The molecule has 3 heteroatoms. The van der Waals surface area contributed by atoms with Gasteiger partial charge >= 0.3 is 0 Å². The molecule has 1 aromatic carbocycles. The van der Waals surface area contributed by atoms with Gasteiger partial charge in [0.05, 0.1) is 0 Å². The minimum absolute atomic E-state index is 0.0926. The SMILES string of the molecule is CN(CCc1ccc2c(c1)CCC2)CC(N)CN. The van der Waals surface area contributed by atoms with Gasteiger partial charge in [0.2, 0.25) is 0 Å². The minimum Gasteiger partial charge on any atom is -0.329 e. The van der Waals surface area contributed by atoms with Crippen LogP contribution in [0.15, 0.2) is 18.2 Å². The van der Waals surface area contributed by atoms with Crippen LogP contribution in [-0.2, 0) is 19.3 Å². The molecule has 0 saturated heterocycles. The van der Waals surface area contributed by atoms with E-state index in [2.05, 4.69) is 30.1 Å². The van der Waals surface area contributed by atoms with Crippen LogP contribution >= 0.6 is 0 Å². The van der Waals surface area contributed by atoms with Crippen molar-refractivity contribution in [3.63, 3.8) is 0 Å². The topological polar surface area (TPSA) is 55.3 Å². The van der Waals surface area contributed by atoms with Gasteiger partial charge in [0.25, 0.3) is 0 Å². The molecular weight excluding hydrogens is 222 g/mol. The number of rotatable bonds is 6. The number of benzene rings is 1. The van der Waals surface area contributed by atoms with Crippen molar-refractivity contribution in [1.82, 2.24) is 4.90 Å². The van der Waals surface area contributed by atoms with Crippen LogP contribution in [-0.4, -0.2) is 37.6 Å². The first kappa shape index (κ1) is 13.5. The third-order valence-electron chi connectivity index (χ3n) is 3.79. The number of likely N-dealkylation sites (N-methyl/N-ethyl adjacent to an activating group) is 1. The Labute approximate surface area is 110 Å². The van der Waals surface area contributed by atoms with Crippen LogP contribution in [0.1, 0.15) is 23.1 Å². The van der Waals surface area contributed by atoms with Crippen LogP contribution in [0.25, 0.3) is 0 Å². The molecule has 0 aromatic heterocycles. The molecule has 0 spiro atoms. The Balaban J connectivity index is 1.83. The number of hydrogen-bond donors (Lipinski definition) is 2. The third-order valence-corrected chi connectivity index (χ3v) is 3.79. The second kappa shape index (κ2) is 6.32. The van der Waals surface area contributed by atoms with E-state index in [4.69, 9.17) is 11.5 Å². The summed E-state index contributed by atoms with van der Waals surface area (Å²) in [7, 11) is 2.11. The Kier molecular flexibility index (Phi) is 4.75. The molecule has 1 aliphatic rings. The summed E-state index contributed by atoms with van der Waals surface area (Å²) in [5, 5.41) is 0. The fourth-order valence-electron chi connectivity index (χ4n) is 2.67. The Bertz CT molecular complexity index is 389. The van der Waals surface area contributed by atoms with Crippen molar-refractivity contribution in [3.8, 4) is 0 Å². The molecule has 4 N–H and O–H groups in total. The maximum absolute atomic E-state index is 5.85. The molecule has 3 nitrogen and oxygen atoms in total. The highest BCUT2D eigenvalue weighted by molar-refractivity contribution is 5.35. The Morgan fingerprint density at radius 1 is 1.28 bits per heavy atom. The van der Waals surface area contributed by atoms with Crippen LogP contribution in [0.4, 0.5) is 0 Å². The number of aryl methyl sites for hydroxylation is 2. The molecule has 0 radical (unpaired) electrons. The first-order chi connectivity index (χ1) is 8.69. The Morgan fingerprint density at radius 3 is 2.83 bits per heavy atom. The highest BCUT2D eigenvalue weighted by atomic mass is 15.1. The van der Waals surface area contributed by atoms with Crippen molar-refractivity contribution in [2.75, 3.05) is 26.7 Å². The molecule has 1 aromatic rings. The summed E-state index contributed by atoms with van der Waals surface area (Å²) in [6, 6.07) is 7.07. The molecule has 0 bridgehead atoms. The van der Waals surface area contributed by atoms with Crippen molar-refractivity contribution in [3.05, 3.63) is 34.9 Å². The van der Waals surface area contributed by atoms with Gasteiger partial charge in [-0.25, -0.2) is 0 Å². The zero-order valence-electron chi connectivity index (χ0n) is 11.4. The van der Waals surface area contributed by atoms with Crippen molar-refractivity contribution in [1.29, 1.82) is 0 Å². The summed E-state index contributed by atoms with van der Waals surface area (Å²) in [5.41, 5.74) is 16.0. The quantitative estimate of drug-likeness (QED) is 0.786. The Morgan fingerprint density at radius 2 is 2.06 bits per heavy atom. The van der Waals surface area contributed by atoms with E-state index in [0.29, 0.717) is 6.54 Å². The van der Waals surface area contributed by atoms with E-state index in [-0.39, 0.29) is 6.04 Å². The van der Waals surface area contributed by atoms with Gasteiger partial charge in [-0.3, -0.25) is 0 Å². The van der Waals surface area contributed by atoms with E-state index in [1.165, 1.54) is 24.8 Å². The molecule has 18 heavy (non-hydrogen) atoms. The van der Waals surface area contributed by atoms with Crippen molar-refractivity contribution in [2.45, 2.75) is 31.7 Å². The molecule has 0 saturated carbocycles. The summed E-state index contributed by atoms with van der Waals surface area (Å²) < 4.78 is 0. The van der Waals surface area contributed by atoms with Gasteiger partial charge in [-0.1, -0.05) is 18.2 Å². The first-order valence-electron chi connectivity index (χ1n) is 6.94. The molecule has 0 fully saturated rings. The molecular formula is C15H25N3. The summed E-state index contributed by atoms with van der Waals surface area (Å²) in [6.07, 6.45) is 4.95. The zero-order chi connectivity index (χ0) is 13.0. The molecule has 1 aliphatic carbocycles. The number of hydrogen-bond acceptors (Lipinski definition) is 3. The molecule has 1 atom stereocenters. The van der Waals surface area contributed by atoms with E-state index in [0.717, 1.165) is 19.5 Å². The summed E-state index contributed by atoms with van der Waals surface area (Å²) in [4.78, 5) is 2.27. The van der Waals surface area contributed by atoms with Crippen molar-refractivity contribution < 1.29 is 0 Å². The lowest BCUT2D eigenvalue weighted by Crippen LogP contribution is -2.41. The summed E-state index contributed by atoms with van der Waals surface area (Å²) in [5.74, 6) is 0. The summed E-state index contributed by atoms with van der Waals surface area (Å²) >= 11 is 0. The van der Waals surface area contributed by atoms with Gasteiger partial charge in [-0.15, -0.1) is 0 Å². The molecule has 0 heterocycles. The number of nitrogens with zero attached hydrogens (tertiary/aromatic N) is 1. The molecule has 100 valence electrons. The molecule has 0 amide bonds. The second-order valence-corrected chi connectivity index (χ2v) is 5.46. The second-order valence-electron chi connectivity index (χ2n) is 5.46. The van der Waals surface area contributed by atoms with Crippen LogP contribution in [0.3, 0.4) is 0 Å². The fourth-order valence-corrected chi connectivity index (χ4v) is 2.67. The smallest absolute Gasteiger partial charge is 0.0292 e. The first-order valence-corrected chi connectivity index (χ1v) is 6.94. The van der Waals surface area contributed by atoms with Gasteiger partial charge in [0, 0.05) is 25.7 Å². The lowest BCUT2D eigenvalue weighted by molar-refractivity contribution is 0.316.